The lowest BCUT2D eigenvalue weighted by atomic mass is 9.87. The summed E-state index contributed by atoms with van der Waals surface area (Å²) in [4.78, 5) is 10.7. The monoisotopic (exact) mass is 188 g/mol. The van der Waals surface area contributed by atoms with Gasteiger partial charge in [-0.1, -0.05) is 6.42 Å². The molecule has 3 heteroatoms. The molecule has 0 amide bonds. The summed E-state index contributed by atoms with van der Waals surface area (Å²) in [6.45, 7) is 3.55. The van der Waals surface area contributed by atoms with Crippen LogP contribution < -0.4 is 0 Å². The van der Waals surface area contributed by atoms with Gasteiger partial charge in [0, 0.05) is 0 Å². The minimum atomic E-state index is -0.702. The van der Waals surface area contributed by atoms with Crippen LogP contribution in [0.5, 0.6) is 0 Å². The van der Waals surface area contributed by atoms with Crippen LogP contribution in [0.1, 0.15) is 33.1 Å². The van der Waals surface area contributed by atoms with E-state index < -0.39 is 10.7 Å². The summed E-state index contributed by atoms with van der Waals surface area (Å²) >= 11 is 1.57. The molecule has 0 aliphatic heterocycles. The van der Waals surface area contributed by atoms with Crippen LogP contribution in [0.2, 0.25) is 0 Å². The van der Waals surface area contributed by atoms with Crippen LogP contribution in [-0.4, -0.2) is 21.6 Å². The van der Waals surface area contributed by atoms with Crippen molar-refractivity contribution in [3.63, 3.8) is 0 Å². The van der Waals surface area contributed by atoms with Crippen molar-refractivity contribution in [1.29, 1.82) is 0 Å². The molecule has 0 spiro atoms. The van der Waals surface area contributed by atoms with Gasteiger partial charge in [0.05, 0.1) is 0 Å². The van der Waals surface area contributed by atoms with Gasteiger partial charge in [-0.15, -0.1) is 11.8 Å². The zero-order valence-electron chi connectivity index (χ0n) is 7.67. The Labute approximate surface area is 77.7 Å². The molecule has 0 unspecified atom stereocenters. The van der Waals surface area contributed by atoms with Crippen LogP contribution in [0, 0.1) is 5.92 Å². The summed E-state index contributed by atoms with van der Waals surface area (Å²) < 4.78 is -0.602. The van der Waals surface area contributed by atoms with E-state index in [0.29, 0.717) is 0 Å². The summed E-state index contributed by atoms with van der Waals surface area (Å²) in [7, 11) is 0. The van der Waals surface area contributed by atoms with Gasteiger partial charge in [0.2, 0.25) is 0 Å². The Kier molecular flexibility index (Phi) is 3.04. The van der Waals surface area contributed by atoms with Crippen molar-refractivity contribution in [3.05, 3.63) is 0 Å². The highest BCUT2D eigenvalue weighted by atomic mass is 32.2. The van der Waals surface area contributed by atoms with Gasteiger partial charge >= 0.3 is 5.97 Å². The normalized spacial score (nSPS) is 18.8. The first-order valence-electron chi connectivity index (χ1n) is 4.40. The zero-order chi connectivity index (χ0) is 9.19. The lowest BCUT2D eigenvalue weighted by Crippen LogP contribution is -2.29. The second kappa shape index (κ2) is 3.69. The number of hydrogen-bond acceptors (Lipinski definition) is 2. The van der Waals surface area contributed by atoms with Crippen LogP contribution in [0.4, 0.5) is 0 Å². The lowest BCUT2D eigenvalue weighted by molar-refractivity contribution is -0.138. The van der Waals surface area contributed by atoms with Gasteiger partial charge < -0.3 is 5.11 Å². The minimum absolute atomic E-state index is 0.602. The minimum Gasteiger partial charge on any atom is -0.480 e. The average molecular weight is 188 g/mol. The van der Waals surface area contributed by atoms with Crippen molar-refractivity contribution in [2.24, 2.45) is 5.92 Å². The van der Waals surface area contributed by atoms with E-state index in [-0.39, 0.29) is 0 Å². The predicted octanol–water partition coefficient (Wildman–Crippen LogP) is 2.38. The van der Waals surface area contributed by atoms with Crippen LogP contribution in [0.15, 0.2) is 0 Å². The van der Waals surface area contributed by atoms with Crippen molar-refractivity contribution in [2.75, 3.05) is 5.75 Å². The second-order valence-corrected chi connectivity index (χ2v) is 5.57. The maximum atomic E-state index is 10.7. The maximum Gasteiger partial charge on any atom is 0.319 e. The molecular weight excluding hydrogens is 172 g/mol. The third-order valence-electron chi connectivity index (χ3n) is 2.42. The number of thioether (sulfide) groups is 1. The van der Waals surface area contributed by atoms with E-state index in [9.17, 15) is 4.79 Å². The number of carboxylic acids is 1. The van der Waals surface area contributed by atoms with Gasteiger partial charge in [0.15, 0.2) is 0 Å². The molecule has 1 fully saturated rings. The summed E-state index contributed by atoms with van der Waals surface area (Å²) in [5, 5.41) is 8.82. The molecule has 70 valence electrons. The average Bonchev–Trinajstić information content (AvgIpc) is 1.83. The molecule has 1 rings (SSSR count). The summed E-state index contributed by atoms with van der Waals surface area (Å²) in [5.74, 6) is 1.10. The molecule has 0 bridgehead atoms. The molecule has 1 saturated carbocycles. The summed E-state index contributed by atoms with van der Waals surface area (Å²) in [6, 6.07) is 0. The highest BCUT2D eigenvalue weighted by Gasteiger charge is 2.29. The molecule has 1 aliphatic carbocycles. The van der Waals surface area contributed by atoms with Crippen molar-refractivity contribution in [2.45, 2.75) is 37.9 Å². The van der Waals surface area contributed by atoms with Gasteiger partial charge in [-0.25, -0.2) is 0 Å². The Morgan fingerprint density at radius 2 is 2.17 bits per heavy atom. The molecule has 1 N–H and O–H groups in total. The molecule has 0 heterocycles. The Hall–Kier alpha value is -0.180. The van der Waals surface area contributed by atoms with Gasteiger partial charge in [-0.05, 0) is 38.4 Å². The van der Waals surface area contributed by atoms with Crippen LogP contribution in [-0.2, 0) is 4.79 Å². The molecule has 12 heavy (non-hydrogen) atoms. The molecule has 2 nitrogen and oxygen atoms in total. The highest BCUT2D eigenvalue weighted by molar-refractivity contribution is 8.01. The van der Waals surface area contributed by atoms with E-state index >= 15 is 0 Å². The fourth-order valence-electron chi connectivity index (χ4n) is 1.05. The number of aliphatic carboxylic acids is 1. The van der Waals surface area contributed by atoms with E-state index in [1.807, 2.05) is 0 Å². The van der Waals surface area contributed by atoms with Crippen molar-refractivity contribution >= 4 is 17.7 Å². The number of carboxylic acid groups (broad SMARTS) is 1. The smallest absolute Gasteiger partial charge is 0.319 e. The van der Waals surface area contributed by atoms with E-state index in [4.69, 9.17) is 5.11 Å². The molecule has 0 aromatic rings. The Balaban J connectivity index is 2.24. The second-order valence-electron chi connectivity index (χ2n) is 3.92. The topological polar surface area (TPSA) is 37.3 Å². The molecule has 0 aromatic heterocycles. The van der Waals surface area contributed by atoms with Gasteiger partial charge in [-0.2, -0.15) is 0 Å². The van der Waals surface area contributed by atoms with Crippen LogP contribution in [0.25, 0.3) is 0 Å². The Morgan fingerprint density at radius 1 is 1.58 bits per heavy atom. The third kappa shape index (κ3) is 2.41. The molecule has 0 radical (unpaired) electrons. The summed E-state index contributed by atoms with van der Waals surface area (Å²) in [5.41, 5.74) is 0. The first-order chi connectivity index (χ1) is 5.52. The largest absolute Gasteiger partial charge is 0.480 e. The Morgan fingerprint density at radius 3 is 2.50 bits per heavy atom. The molecule has 0 atom stereocenters. The van der Waals surface area contributed by atoms with Crippen molar-refractivity contribution in [1.82, 2.24) is 0 Å². The standard InChI is InChI=1S/C9H16O2S/c1-9(2,8(10)11)12-6-7-4-3-5-7/h7H,3-6H2,1-2H3,(H,10,11). The predicted molar refractivity (Wildman–Crippen MR) is 51.5 cm³/mol. The maximum absolute atomic E-state index is 10.7. The van der Waals surface area contributed by atoms with E-state index in [2.05, 4.69) is 0 Å². The van der Waals surface area contributed by atoms with Crippen molar-refractivity contribution < 1.29 is 9.90 Å². The first kappa shape index (κ1) is 9.90. The lowest BCUT2D eigenvalue weighted by Gasteiger charge is -2.28. The highest BCUT2D eigenvalue weighted by Crippen LogP contribution is 2.34. The van der Waals surface area contributed by atoms with Crippen LogP contribution >= 0.6 is 11.8 Å². The first-order valence-corrected chi connectivity index (χ1v) is 5.38. The van der Waals surface area contributed by atoms with Gasteiger partial charge in [-0.3, -0.25) is 4.79 Å². The van der Waals surface area contributed by atoms with E-state index in [0.717, 1.165) is 11.7 Å². The molecule has 0 saturated heterocycles. The molecule has 1 aliphatic rings. The fourth-order valence-corrected chi connectivity index (χ4v) is 2.16. The summed E-state index contributed by atoms with van der Waals surface area (Å²) in [6.07, 6.45) is 3.92. The fraction of sp³-hybridized carbons (Fsp3) is 0.889. The van der Waals surface area contributed by atoms with Gasteiger partial charge in [0.25, 0.3) is 0 Å². The molecular formula is C9H16O2S. The Bertz CT molecular complexity index is 173. The zero-order valence-corrected chi connectivity index (χ0v) is 8.49. The van der Waals surface area contributed by atoms with Gasteiger partial charge in [0.1, 0.15) is 4.75 Å². The third-order valence-corrected chi connectivity index (χ3v) is 3.95. The quantitative estimate of drug-likeness (QED) is 0.736. The van der Waals surface area contributed by atoms with E-state index in [1.165, 1.54) is 19.3 Å². The van der Waals surface area contributed by atoms with Crippen LogP contribution in [0.3, 0.4) is 0 Å². The number of hydrogen-bond donors (Lipinski definition) is 1. The van der Waals surface area contributed by atoms with E-state index in [1.54, 1.807) is 25.6 Å². The SMILES string of the molecule is CC(C)(SCC1CCC1)C(=O)O. The number of carbonyl (C=O) groups is 1. The number of rotatable bonds is 4. The van der Waals surface area contributed by atoms with Crippen molar-refractivity contribution in [3.8, 4) is 0 Å². The molecule has 0 aromatic carbocycles.